The maximum atomic E-state index is 8.49. The summed E-state index contributed by atoms with van der Waals surface area (Å²) in [5, 5.41) is 16.7. The van der Waals surface area contributed by atoms with Crippen LogP contribution in [0.3, 0.4) is 0 Å². The van der Waals surface area contributed by atoms with Gasteiger partial charge < -0.3 is 9.64 Å². The van der Waals surface area contributed by atoms with Crippen molar-refractivity contribution in [3.05, 3.63) is 90.0 Å². The molecule has 3 rings (SSSR count). The second-order valence-corrected chi connectivity index (χ2v) is 7.01. The number of benzene rings is 3. The van der Waals surface area contributed by atoms with Gasteiger partial charge in [-0.2, -0.15) is 0 Å². The van der Waals surface area contributed by atoms with Crippen LogP contribution in [-0.2, 0) is 4.74 Å². The van der Waals surface area contributed by atoms with Crippen LogP contribution in [0.25, 0.3) is 11.1 Å². The summed E-state index contributed by atoms with van der Waals surface area (Å²) in [5.74, 6) is 0.0746. The minimum absolute atomic E-state index is 0.00258. The molecule has 0 spiro atoms. The Hall–Kier alpha value is -3.40. The lowest BCUT2D eigenvalue weighted by molar-refractivity contribution is 0.491. The van der Waals surface area contributed by atoms with Crippen LogP contribution >= 0.6 is 0 Å². The largest absolute Gasteiger partial charge is 0.423 e. The normalized spacial score (nSPS) is 11.6. The molecule has 0 aliphatic heterocycles. The zero-order chi connectivity index (χ0) is 20.8. The summed E-state index contributed by atoms with van der Waals surface area (Å²) < 4.78 is 5.61. The smallest absolute Gasteiger partial charge is 0.220 e. The Morgan fingerprint density at radius 2 is 1.52 bits per heavy atom. The van der Waals surface area contributed by atoms with Gasteiger partial charge in [0, 0.05) is 18.3 Å². The third-order valence-corrected chi connectivity index (χ3v) is 5.17. The molecule has 3 aromatic carbocycles. The van der Waals surface area contributed by atoms with Gasteiger partial charge in [0.15, 0.2) is 0 Å². The highest BCUT2D eigenvalue weighted by atomic mass is 16.5. The minimum atomic E-state index is -0.260. The lowest BCUT2D eigenvalue weighted by atomic mass is 9.98. The Morgan fingerprint density at radius 1 is 0.897 bits per heavy atom. The van der Waals surface area contributed by atoms with Gasteiger partial charge in [0.1, 0.15) is 6.04 Å². The molecule has 0 saturated carbocycles. The molecule has 1 atom stereocenters. The van der Waals surface area contributed by atoms with E-state index >= 15 is 0 Å². The van der Waals surface area contributed by atoms with E-state index in [4.69, 9.17) is 15.6 Å². The quantitative estimate of drug-likeness (QED) is 0.410. The van der Waals surface area contributed by atoms with Gasteiger partial charge >= 0.3 is 0 Å². The first kappa shape index (κ1) is 20.3. The highest BCUT2D eigenvalue weighted by molar-refractivity contribution is 6.01. The predicted octanol–water partition coefficient (Wildman–Crippen LogP) is 5.90. The number of ether oxygens (including phenoxy) is 1. The van der Waals surface area contributed by atoms with Crippen LogP contribution in [0.5, 0.6) is 0 Å². The summed E-state index contributed by atoms with van der Waals surface area (Å²) in [6.45, 7) is 4.14. The van der Waals surface area contributed by atoms with E-state index in [-0.39, 0.29) is 17.8 Å². The van der Waals surface area contributed by atoms with E-state index in [0.29, 0.717) is 12.0 Å². The molecule has 0 saturated heterocycles. The fourth-order valence-corrected chi connectivity index (χ4v) is 3.57. The second-order valence-electron chi connectivity index (χ2n) is 7.01. The van der Waals surface area contributed by atoms with Crippen LogP contribution < -0.4 is 4.90 Å². The molecule has 4 nitrogen and oxygen atoms in total. The molecular formula is C25H27N3O. The van der Waals surface area contributed by atoms with Gasteiger partial charge in [0.2, 0.25) is 11.8 Å². The SMILES string of the molecule is CCC(C(=N)OC(=N)c1ccccc1)N(C)c1cccc(-c2ccccc2)c1C. The van der Waals surface area contributed by atoms with Crippen molar-refractivity contribution in [2.75, 3.05) is 11.9 Å². The average molecular weight is 386 g/mol. The molecule has 0 aliphatic carbocycles. The number of likely N-dealkylation sites (N-methyl/N-ethyl adjacent to an activating group) is 1. The van der Waals surface area contributed by atoms with Crippen molar-refractivity contribution >= 4 is 17.5 Å². The summed E-state index contributed by atoms with van der Waals surface area (Å²) in [6.07, 6.45) is 0.701. The monoisotopic (exact) mass is 385 g/mol. The number of nitrogens with zero attached hydrogens (tertiary/aromatic N) is 1. The van der Waals surface area contributed by atoms with E-state index < -0.39 is 0 Å². The van der Waals surface area contributed by atoms with Crippen LogP contribution in [0.1, 0.15) is 24.5 Å². The lowest BCUT2D eigenvalue weighted by Gasteiger charge is -2.31. The molecule has 0 aliphatic rings. The Labute approximate surface area is 172 Å². The minimum Gasteiger partial charge on any atom is -0.423 e. The van der Waals surface area contributed by atoms with Crippen LogP contribution in [0.2, 0.25) is 0 Å². The molecule has 3 aromatic rings. The Balaban J connectivity index is 1.83. The molecule has 0 radical (unpaired) electrons. The highest BCUT2D eigenvalue weighted by Gasteiger charge is 2.23. The van der Waals surface area contributed by atoms with Crippen molar-refractivity contribution in [1.29, 1.82) is 10.8 Å². The van der Waals surface area contributed by atoms with Gasteiger partial charge in [-0.05, 0) is 48.2 Å². The van der Waals surface area contributed by atoms with Gasteiger partial charge in [-0.1, -0.05) is 67.6 Å². The van der Waals surface area contributed by atoms with Crippen LogP contribution in [0, 0.1) is 17.7 Å². The predicted molar refractivity (Wildman–Crippen MR) is 121 cm³/mol. The molecule has 0 heterocycles. The number of nitrogens with one attached hydrogen (secondary N) is 2. The third-order valence-electron chi connectivity index (χ3n) is 5.17. The summed E-state index contributed by atoms with van der Waals surface area (Å²) in [5.41, 5.74) is 5.22. The maximum absolute atomic E-state index is 8.49. The Morgan fingerprint density at radius 3 is 2.14 bits per heavy atom. The molecule has 2 N–H and O–H groups in total. The summed E-state index contributed by atoms with van der Waals surface area (Å²) in [4.78, 5) is 2.07. The first-order chi connectivity index (χ1) is 14.0. The Bertz CT molecular complexity index is 983. The van der Waals surface area contributed by atoms with Crippen LogP contribution in [-0.4, -0.2) is 24.9 Å². The fraction of sp³-hybridized carbons (Fsp3) is 0.200. The molecule has 148 valence electrons. The van der Waals surface area contributed by atoms with Crippen LogP contribution in [0.15, 0.2) is 78.9 Å². The van der Waals surface area contributed by atoms with Gasteiger partial charge in [-0.15, -0.1) is 0 Å². The van der Waals surface area contributed by atoms with E-state index in [9.17, 15) is 0 Å². The maximum Gasteiger partial charge on any atom is 0.220 e. The van der Waals surface area contributed by atoms with Gasteiger partial charge in [-0.3, -0.25) is 10.8 Å². The first-order valence-electron chi connectivity index (χ1n) is 9.81. The van der Waals surface area contributed by atoms with Crippen molar-refractivity contribution in [2.24, 2.45) is 0 Å². The number of hydrogen-bond donors (Lipinski definition) is 2. The molecule has 29 heavy (non-hydrogen) atoms. The zero-order valence-corrected chi connectivity index (χ0v) is 17.1. The van der Waals surface area contributed by atoms with Crippen LogP contribution in [0.4, 0.5) is 5.69 Å². The van der Waals surface area contributed by atoms with E-state index in [1.807, 2.05) is 68.6 Å². The van der Waals surface area contributed by atoms with Gasteiger partial charge in [0.25, 0.3) is 0 Å². The van der Waals surface area contributed by atoms with Crippen molar-refractivity contribution < 1.29 is 4.74 Å². The number of hydrogen-bond acceptors (Lipinski definition) is 4. The molecule has 4 heteroatoms. The summed E-state index contributed by atoms with van der Waals surface area (Å²) in [7, 11) is 1.98. The topological polar surface area (TPSA) is 60.2 Å². The van der Waals surface area contributed by atoms with Crippen molar-refractivity contribution in [3.8, 4) is 11.1 Å². The standard InChI is InChI=1S/C25H27N3O/c1-4-22(25(27)29-24(26)20-14-9-6-10-15-20)28(3)23-17-11-16-21(18(23)2)19-12-7-5-8-13-19/h5-17,22,26-27H,4H2,1-3H3. The highest BCUT2D eigenvalue weighted by Crippen LogP contribution is 2.31. The summed E-state index contributed by atoms with van der Waals surface area (Å²) >= 11 is 0. The van der Waals surface area contributed by atoms with E-state index in [1.165, 1.54) is 11.1 Å². The van der Waals surface area contributed by atoms with Gasteiger partial charge in [0.05, 0.1) is 0 Å². The molecule has 0 fully saturated rings. The van der Waals surface area contributed by atoms with Crippen molar-refractivity contribution in [2.45, 2.75) is 26.3 Å². The number of anilines is 1. The molecule has 0 bridgehead atoms. The number of rotatable bonds is 6. The zero-order valence-electron chi connectivity index (χ0n) is 17.1. The summed E-state index contributed by atoms with van der Waals surface area (Å²) in [6, 6.07) is 25.5. The van der Waals surface area contributed by atoms with Crippen molar-refractivity contribution in [3.63, 3.8) is 0 Å². The molecule has 1 unspecified atom stereocenters. The Kier molecular flexibility index (Phi) is 6.45. The van der Waals surface area contributed by atoms with E-state index in [0.717, 1.165) is 11.3 Å². The first-order valence-corrected chi connectivity index (χ1v) is 9.81. The fourth-order valence-electron chi connectivity index (χ4n) is 3.57. The molecule has 0 aromatic heterocycles. The average Bonchev–Trinajstić information content (AvgIpc) is 2.75. The van der Waals surface area contributed by atoms with Crippen molar-refractivity contribution in [1.82, 2.24) is 0 Å². The third kappa shape index (κ3) is 4.54. The lowest BCUT2D eigenvalue weighted by Crippen LogP contribution is -2.40. The molecular weight excluding hydrogens is 358 g/mol. The van der Waals surface area contributed by atoms with E-state index in [2.05, 4.69) is 36.1 Å². The second kappa shape index (κ2) is 9.20. The molecule has 0 amide bonds. The van der Waals surface area contributed by atoms with E-state index in [1.54, 1.807) is 0 Å². The van der Waals surface area contributed by atoms with Gasteiger partial charge in [-0.25, -0.2) is 0 Å².